The second kappa shape index (κ2) is 8.47. The predicted octanol–water partition coefficient (Wildman–Crippen LogP) is 2.45. The summed E-state index contributed by atoms with van der Waals surface area (Å²) in [4.78, 5) is 21.1. The molecule has 0 bridgehead atoms. The average Bonchev–Trinajstić information content (AvgIpc) is 2.79. The van der Waals surface area contributed by atoms with Gasteiger partial charge in [-0.25, -0.2) is 0 Å². The number of nitrogens with zero attached hydrogens (tertiary/aromatic N) is 5. The molecule has 1 aromatic carbocycles. The third-order valence-corrected chi connectivity index (χ3v) is 4.75. The number of aromatic nitrogens is 3. The molecule has 7 heteroatoms. The van der Waals surface area contributed by atoms with Crippen LogP contribution in [0.25, 0.3) is 0 Å². The van der Waals surface area contributed by atoms with Gasteiger partial charge in [-0.05, 0) is 36.4 Å². The van der Waals surface area contributed by atoms with Crippen LogP contribution in [0, 0.1) is 0 Å². The van der Waals surface area contributed by atoms with Crippen molar-refractivity contribution in [2.45, 2.75) is 6.54 Å². The van der Waals surface area contributed by atoms with E-state index in [1.807, 2.05) is 41.3 Å². The minimum Gasteiger partial charge on any atom is -0.368 e. The highest BCUT2D eigenvalue weighted by molar-refractivity contribution is 5.92. The summed E-state index contributed by atoms with van der Waals surface area (Å²) < 4.78 is 0. The quantitative estimate of drug-likeness (QED) is 0.739. The molecule has 0 atom stereocenters. The second-order valence-electron chi connectivity index (χ2n) is 6.59. The van der Waals surface area contributed by atoms with E-state index in [9.17, 15) is 4.79 Å². The Labute approximate surface area is 164 Å². The van der Waals surface area contributed by atoms with E-state index in [-0.39, 0.29) is 5.91 Å². The summed E-state index contributed by atoms with van der Waals surface area (Å²) in [5.74, 6) is 0.549. The fourth-order valence-corrected chi connectivity index (χ4v) is 3.19. The summed E-state index contributed by atoms with van der Waals surface area (Å²) in [6.07, 6.45) is 1.75. The number of amides is 1. The molecule has 7 nitrogen and oxygen atoms in total. The van der Waals surface area contributed by atoms with Crippen LogP contribution >= 0.6 is 0 Å². The molecule has 0 unspecified atom stereocenters. The Morgan fingerprint density at radius 1 is 0.893 bits per heavy atom. The van der Waals surface area contributed by atoms with Crippen molar-refractivity contribution in [2.24, 2.45) is 0 Å². The van der Waals surface area contributed by atoms with Gasteiger partial charge < -0.3 is 15.1 Å². The summed E-state index contributed by atoms with van der Waals surface area (Å²) in [6, 6.07) is 19.5. The van der Waals surface area contributed by atoms with E-state index < -0.39 is 0 Å². The summed E-state index contributed by atoms with van der Waals surface area (Å²) >= 11 is 0. The van der Waals surface area contributed by atoms with E-state index in [0.29, 0.717) is 31.1 Å². The van der Waals surface area contributed by atoms with Gasteiger partial charge in [-0.15, -0.1) is 10.2 Å². The van der Waals surface area contributed by atoms with E-state index in [0.717, 1.165) is 18.8 Å². The molecule has 0 radical (unpaired) electrons. The van der Waals surface area contributed by atoms with Gasteiger partial charge in [-0.1, -0.05) is 24.3 Å². The van der Waals surface area contributed by atoms with E-state index in [2.05, 4.69) is 37.5 Å². The van der Waals surface area contributed by atoms with Crippen LogP contribution in [-0.2, 0) is 6.54 Å². The minimum atomic E-state index is -0.0727. The van der Waals surface area contributed by atoms with Crippen molar-refractivity contribution in [3.05, 3.63) is 78.2 Å². The molecule has 1 N–H and O–H groups in total. The van der Waals surface area contributed by atoms with Crippen LogP contribution in [0.1, 0.15) is 16.2 Å². The Morgan fingerprint density at radius 3 is 2.36 bits per heavy atom. The van der Waals surface area contributed by atoms with Crippen LogP contribution < -0.4 is 10.2 Å². The normalized spacial score (nSPS) is 14.0. The first-order chi connectivity index (χ1) is 13.8. The lowest BCUT2D eigenvalue weighted by molar-refractivity contribution is 0.0739. The van der Waals surface area contributed by atoms with Crippen LogP contribution in [0.5, 0.6) is 0 Å². The predicted molar refractivity (Wildman–Crippen MR) is 108 cm³/mol. The number of piperazine rings is 1. The van der Waals surface area contributed by atoms with Crippen LogP contribution in [0.2, 0.25) is 0 Å². The molecule has 1 saturated heterocycles. The highest BCUT2D eigenvalue weighted by Crippen LogP contribution is 2.16. The maximum Gasteiger partial charge on any atom is 0.274 e. The number of para-hydroxylation sites is 1. The number of rotatable bonds is 5. The standard InChI is InChI=1S/C21H22N6O/c28-21(27-14-12-26(13-15-27)18-7-2-1-3-8-18)19-9-10-20(25-24-19)23-16-17-6-4-5-11-22-17/h1-11H,12-16H2,(H,23,25). The lowest BCUT2D eigenvalue weighted by Gasteiger charge is -2.35. The number of nitrogens with one attached hydrogen (secondary N) is 1. The minimum absolute atomic E-state index is 0.0727. The smallest absolute Gasteiger partial charge is 0.274 e. The molecule has 3 aromatic rings. The maximum atomic E-state index is 12.7. The molecule has 1 amide bonds. The number of hydrogen-bond donors (Lipinski definition) is 1. The molecule has 0 spiro atoms. The van der Waals surface area contributed by atoms with Crippen LogP contribution in [0.4, 0.5) is 11.5 Å². The third-order valence-electron chi connectivity index (χ3n) is 4.75. The van der Waals surface area contributed by atoms with Gasteiger partial charge in [0.05, 0.1) is 12.2 Å². The SMILES string of the molecule is O=C(c1ccc(NCc2ccccn2)nn1)N1CCN(c2ccccc2)CC1. The van der Waals surface area contributed by atoms with E-state index in [4.69, 9.17) is 0 Å². The molecule has 0 saturated carbocycles. The Balaban J connectivity index is 1.31. The zero-order valence-corrected chi connectivity index (χ0v) is 15.5. The number of carbonyl (C=O) groups is 1. The topological polar surface area (TPSA) is 74.2 Å². The van der Waals surface area contributed by atoms with Gasteiger partial charge in [-0.3, -0.25) is 9.78 Å². The maximum absolute atomic E-state index is 12.7. The lowest BCUT2D eigenvalue weighted by atomic mass is 10.2. The molecule has 142 valence electrons. The van der Waals surface area contributed by atoms with E-state index in [1.54, 1.807) is 18.3 Å². The first-order valence-corrected chi connectivity index (χ1v) is 9.36. The number of benzene rings is 1. The van der Waals surface area contributed by atoms with Crippen LogP contribution in [0.3, 0.4) is 0 Å². The van der Waals surface area contributed by atoms with Gasteiger partial charge in [0.15, 0.2) is 5.69 Å². The summed E-state index contributed by atoms with van der Waals surface area (Å²) in [6.45, 7) is 3.54. The molecule has 4 rings (SSSR count). The Kier molecular flexibility index (Phi) is 5.42. The first kappa shape index (κ1) is 17.9. The summed E-state index contributed by atoms with van der Waals surface area (Å²) in [5.41, 5.74) is 2.48. The van der Waals surface area contributed by atoms with Crippen molar-refractivity contribution in [2.75, 3.05) is 36.4 Å². The van der Waals surface area contributed by atoms with Crippen molar-refractivity contribution in [1.29, 1.82) is 0 Å². The van der Waals surface area contributed by atoms with Gasteiger partial charge >= 0.3 is 0 Å². The fourth-order valence-electron chi connectivity index (χ4n) is 3.19. The summed E-state index contributed by atoms with van der Waals surface area (Å²) in [5, 5.41) is 11.4. The molecule has 1 aliphatic heterocycles. The molecule has 3 heterocycles. The van der Waals surface area contributed by atoms with Crippen LogP contribution in [-0.4, -0.2) is 52.2 Å². The number of anilines is 2. The van der Waals surface area contributed by atoms with E-state index in [1.165, 1.54) is 5.69 Å². The van der Waals surface area contributed by atoms with Crippen molar-refractivity contribution in [3.63, 3.8) is 0 Å². The Bertz CT molecular complexity index is 893. The van der Waals surface area contributed by atoms with E-state index >= 15 is 0 Å². The van der Waals surface area contributed by atoms with Gasteiger partial charge in [0.2, 0.25) is 0 Å². The number of hydrogen-bond acceptors (Lipinski definition) is 6. The zero-order valence-electron chi connectivity index (χ0n) is 15.5. The molecule has 1 fully saturated rings. The molecule has 2 aromatic heterocycles. The lowest BCUT2D eigenvalue weighted by Crippen LogP contribution is -2.49. The molecular formula is C21H22N6O. The number of carbonyl (C=O) groups excluding carboxylic acids is 1. The van der Waals surface area contributed by atoms with Crippen molar-refractivity contribution < 1.29 is 4.79 Å². The Morgan fingerprint density at radius 2 is 1.68 bits per heavy atom. The van der Waals surface area contributed by atoms with Gasteiger partial charge in [0, 0.05) is 38.1 Å². The highest BCUT2D eigenvalue weighted by atomic mass is 16.2. The second-order valence-corrected chi connectivity index (χ2v) is 6.59. The van der Waals surface area contributed by atoms with Gasteiger partial charge in [-0.2, -0.15) is 0 Å². The van der Waals surface area contributed by atoms with Crippen molar-refractivity contribution in [3.8, 4) is 0 Å². The zero-order chi connectivity index (χ0) is 19.2. The molecule has 28 heavy (non-hydrogen) atoms. The molecule has 0 aliphatic carbocycles. The summed E-state index contributed by atoms with van der Waals surface area (Å²) in [7, 11) is 0. The first-order valence-electron chi connectivity index (χ1n) is 9.36. The third kappa shape index (κ3) is 4.25. The van der Waals surface area contributed by atoms with Crippen LogP contribution in [0.15, 0.2) is 66.9 Å². The van der Waals surface area contributed by atoms with Gasteiger partial charge in [0.25, 0.3) is 5.91 Å². The van der Waals surface area contributed by atoms with Crippen molar-refractivity contribution >= 4 is 17.4 Å². The monoisotopic (exact) mass is 374 g/mol. The largest absolute Gasteiger partial charge is 0.368 e. The van der Waals surface area contributed by atoms with Gasteiger partial charge in [0.1, 0.15) is 5.82 Å². The molecule has 1 aliphatic rings. The fraction of sp³-hybridized carbons (Fsp3) is 0.238. The Hall–Kier alpha value is -3.48. The molecular weight excluding hydrogens is 352 g/mol. The average molecular weight is 374 g/mol. The highest BCUT2D eigenvalue weighted by Gasteiger charge is 2.23. The van der Waals surface area contributed by atoms with Crippen molar-refractivity contribution in [1.82, 2.24) is 20.1 Å². The number of pyridine rings is 1.